The first-order valence-corrected chi connectivity index (χ1v) is 11.2. The second-order valence-electron chi connectivity index (χ2n) is 8.92. The molecule has 0 bridgehead atoms. The van der Waals surface area contributed by atoms with Gasteiger partial charge in [0.15, 0.2) is 17.3 Å². The quantitative estimate of drug-likeness (QED) is 0.657. The number of carbonyl (C=O) groups excluding carboxylic acids is 2. The molecule has 172 valence electrons. The number of phenols is 1. The molecule has 0 amide bonds. The van der Waals surface area contributed by atoms with Gasteiger partial charge in [0.25, 0.3) is 0 Å². The summed E-state index contributed by atoms with van der Waals surface area (Å²) in [5, 5.41) is 10.1. The molecule has 1 aliphatic carbocycles. The minimum Gasteiger partial charge on any atom is -0.504 e. The fourth-order valence-electron chi connectivity index (χ4n) is 4.88. The SMILES string of the molecule is COc1cc([C@H]2C3=C(C[C@H](c4ccccc4)CC3=O)N=C(C)C2C(=O)OC(C)C)ccc1O. The first-order chi connectivity index (χ1) is 15.8. The zero-order valence-electron chi connectivity index (χ0n) is 19.4. The standard InChI is InChI=1S/C27H29NO5/c1-15(2)33-27(31)24-16(3)28-20-12-19(17-8-6-5-7-9-17)13-22(30)26(20)25(24)18-10-11-21(29)23(14-18)32-4/h5-11,14-15,19,24-25,29H,12-13H2,1-4H3/t19-,24?,25+/m0/s1. The molecule has 0 spiro atoms. The summed E-state index contributed by atoms with van der Waals surface area (Å²) >= 11 is 0. The van der Waals surface area contributed by atoms with Crippen molar-refractivity contribution in [3.63, 3.8) is 0 Å². The van der Waals surface area contributed by atoms with Crippen molar-refractivity contribution in [2.45, 2.75) is 51.6 Å². The molecule has 1 N–H and O–H groups in total. The van der Waals surface area contributed by atoms with Crippen molar-refractivity contribution in [2.75, 3.05) is 7.11 Å². The van der Waals surface area contributed by atoms with E-state index in [1.807, 2.05) is 37.3 Å². The lowest BCUT2D eigenvalue weighted by Gasteiger charge is -2.36. The summed E-state index contributed by atoms with van der Waals surface area (Å²) in [6.45, 7) is 5.41. The van der Waals surface area contributed by atoms with Crippen LogP contribution in [0.2, 0.25) is 0 Å². The molecule has 33 heavy (non-hydrogen) atoms. The van der Waals surface area contributed by atoms with Gasteiger partial charge in [-0.2, -0.15) is 0 Å². The fraction of sp³-hybridized carbons (Fsp3) is 0.370. The Labute approximate surface area is 194 Å². The van der Waals surface area contributed by atoms with E-state index in [9.17, 15) is 14.7 Å². The van der Waals surface area contributed by atoms with Gasteiger partial charge in [-0.25, -0.2) is 0 Å². The van der Waals surface area contributed by atoms with E-state index in [-0.39, 0.29) is 29.3 Å². The van der Waals surface area contributed by atoms with Crippen LogP contribution in [0.1, 0.15) is 56.6 Å². The van der Waals surface area contributed by atoms with Crippen LogP contribution < -0.4 is 4.74 Å². The molecule has 0 fully saturated rings. The molecule has 3 atom stereocenters. The number of rotatable bonds is 5. The van der Waals surface area contributed by atoms with Crippen molar-refractivity contribution >= 4 is 17.5 Å². The number of methoxy groups -OCH3 is 1. The van der Waals surface area contributed by atoms with E-state index in [4.69, 9.17) is 14.5 Å². The van der Waals surface area contributed by atoms with Gasteiger partial charge in [0, 0.05) is 29.3 Å². The van der Waals surface area contributed by atoms with Crippen molar-refractivity contribution in [1.82, 2.24) is 0 Å². The number of hydrogen-bond donors (Lipinski definition) is 1. The number of phenolic OH excluding ortho intramolecular Hbond substituents is 1. The first kappa shape index (κ1) is 22.8. The number of nitrogens with zero attached hydrogens (tertiary/aromatic N) is 1. The van der Waals surface area contributed by atoms with Gasteiger partial charge in [-0.1, -0.05) is 36.4 Å². The summed E-state index contributed by atoms with van der Waals surface area (Å²) < 4.78 is 10.9. The third-order valence-electron chi connectivity index (χ3n) is 6.33. The molecular weight excluding hydrogens is 418 g/mol. The maximum absolute atomic E-state index is 13.6. The highest BCUT2D eigenvalue weighted by molar-refractivity contribution is 6.09. The Morgan fingerprint density at radius 2 is 1.82 bits per heavy atom. The Kier molecular flexibility index (Phi) is 6.36. The second-order valence-corrected chi connectivity index (χ2v) is 8.92. The van der Waals surface area contributed by atoms with E-state index in [1.54, 1.807) is 26.0 Å². The maximum atomic E-state index is 13.6. The lowest BCUT2D eigenvalue weighted by atomic mass is 9.69. The number of allylic oxidation sites excluding steroid dienone is 2. The highest BCUT2D eigenvalue weighted by Gasteiger charge is 2.45. The van der Waals surface area contributed by atoms with Crippen molar-refractivity contribution in [1.29, 1.82) is 0 Å². The fourth-order valence-corrected chi connectivity index (χ4v) is 4.88. The van der Waals surface area contributed by atoms with Crippen molar-refractivity contribution in [2.24, 2.45) is 10.9 Å². The van der Waals surface area contributed by atoms with Gasteiger partial charge in [0.05, 0.1) is 13.2 Å². The molecular formula is C27H29NO5. The van der Waals surface area contributed by atoms with Gasteiger partial charge in [-0.05, 0) is 56.4 Å². The monoisotopic (exact) mass is 447 g/mol. The number of esters is 1. The number of ketones is 1. The summed E-state index contributed by atoms with van der Waals surface area (Å²) in [5.41, 5.74) is 3.73. The molecule has 1 heterocycles. The Morgan fingerprint density at radius 3 is 2.48 bits per heavy atom. The third-order valence-corrected chi connectivity index (χ3v) is 6.33. The van der Waals surface area contributed by atoms with E-state index in [0.717, 1.165) is 11.3 Å². The smallest absolute Gasteiger partial charge is 0.315 e. The maximum Gasteiger partial charge on any atom is 0.315 e. The summed E-state index contributed by atoms with van der Waals surface area (Å²) in [5.74, 6) is -1.37. The third kappa shape index (κ3) is 4.42. The Bertz CT molecular complexity index is 1130. The van der Waals surface area contributed by atoms with E-state index >= 15 is 0 Å². The number of aromatic hydroxyl groups is 1. The first-order valence-electron chi connectivity index (χ1n) is 11.2. The molecule has 2 aliphatic rings. The van der Waals surface area contributed by atoms with Crippen molar-refractivity contribution in [3.05, 3.63) is 70.9 Å². The second kappa shape index (κ2) is 9.22. The molecule has 4 rings (SSSR count). The van der Waals surface area contributed by atoms with Crippen LogP contribution in [0.25, 0.3) is 0 Å². The number of ether oxygens (including phenoxy) is 2. The molecule has 2 aromatic carbocycles. The van der Waals surface area contributed by atoms with Crippen molar-refractivity contribution < 1.29 is 24.2 Å². The van der Waals surface area contributed by atoms with Gasteiger partial charge in [-0.15, -0.1) is 0 Å². The summed E-state index contributed by atoms with van der Waals surface area (Å²) in [4.78, 5) is 31.5. The Balaban J connectivity index is 1.83. The number of aliphatic imine (C=N–C) groups is 1. The number of benzene rings is 2. The van der Waals surface area contributed by atoms with Gasteiger partial charge in [0.1, 0.15) is 5.92 Å². The van der Waals surface area contributed by atoms with E-state index in [2.05, 4.69) is 0 Å². The highest BCUT2D eigenvalue weighted by Crippen LogP contribution is 2.47. The molecule has 0 saturated heterocycles. The van der Waals surface area contributed by atoms with Crippen molar-refractivity contribution in [3.8, 4) is 11.5 Å². The van der Waals surface area contributed by atoms with E-state index in [0.29, 0.717) is 29.7 Å². The molecule has 2 aromatic rings. The average Bonchev–Trinajstić information content (AvgIpc) is 2.78. The number of Topliss-reactive ketones (excluding diaryl/α,β-unsaturated/α-hetero) is 1. The minimum absolute atomic E-state index is 0.00271. The van der Waals surface area contributed by atoms with Crippen LogP contribution in [0.3, 0.4) is 0 Å². The largest absolute Gasteiger partial charge is 0.504 e. The van der Waals surface area contributed by atoms with Gasteiger partial charge >= 0.3 is 5.97 Å². The normalized spacial score (nSPS) is 22.6. The van der Waals surface area contributed by atoms with Crippen LogP contribution in [0.5, 0.6) is 11.5 Å². The zero-order chi connectivity index (χ0) is 23.7. The molecule has 6 nitrogen and oxygen atoms in total. The number of carbonyl (C=O) groups is 2. The van der Waals surface area contributed by atoms with E-state index in [1.165, 1.54) is 13.2 Å². The molecule has 1 unspecified atom stereocenters. The predicted molar refractivity (Wildman–Crippen MR) is 126 cm³/mol. The summed E-state index contributed by atoms with van der Waals surface area (Å²) in [6, 6.07) is 14.9. The lowest BCUT2D eigenvalue weighted by molar-refractivity contribution is -0.150. The average molecular weight is 448 g/mol. The number of hydrogen-bond acceptors (Lipinski definition) is 6. The van der Waals surface area contributed by atoms with Crippen LogP contribution in [0.15, 0.2) is 64.8 Å². The van der Waals surface area contributed by atoms with Crippen LogP contribution in [-0.2, 0) is 14.3 Å². The summed E-state index contributed by atoms with van der Waals surface area (Å²) in [7, 11) is 1.47. The van der Waals surface area contributed by atoms with Gasteiger partial charge in [-0.3, -0.25) is 14.6 Å². The van der Waals surface area contributed by atoms with Crippen LogP contribution in [-0.4, -0.2) is 35.8 Å². The van der Waals surface area contributed by atoms with Gasteiger partial charge in [0.2, 0.25) is 0 Å². The lowest BCUT2D eigenvalue weighted by Crippen LogP contribution is -2.38. The highest BCUT2D eigenvalue weighted by atomic mass is 16.5. The van der Waals surface area contributed by atoms with Crippen LogP contribution in [0, 0.1) is 5.92 Å². The molecule has 1 aliphatic heterocycles. The van der Waals surface area contributed by atoms with Crippen LogP contribution >= 0.6 is 0 Å². The molecule has 0 aromatic heterocycles. The molecule has 6 heteroatoms. The van der Waals surface area contributed by atoms with Crippen LogP contribution in [0.4, 0.5) is 0 Å². The molecule has 0 radical (unpaired) electrons. The Morgan fingerprint density at radius 1 is 1.09 bits per heavy atom. The predicted octanol–water partition coefficient (Wildman–Crippen LogP) is 4.93. The minimum atomic E-state index is -0.724. The Hall–Kier alpha value is -3.41. The summed E-state index contributed by atoms with van der Waals surface area (Å²) in [6.07, 6.45) is 0.690. The van der Waals surface area contributed by atoms with Gasteiger partial charge < -0.3 is 14.6 Å². The zero-order valence-corrected chi connectivity index (χ0v) is 19.4. The van der Waals surface area contributed by atoms with E-state index < -0.39 is 17.8 Å². The molecule has 0 saturated carbocycles. The topological polar surface area (TPSA) is 85.2 Å².